The predicted octanol–water partition coefficient (Wildman–Crippen LogP) is 3.71. The Kier molecular flexibility index (Phi) is 3.58. The van der Waals surface area contributed by atoms with Crippen molar-refractivity contribution in [1.29, 1.82) is 0 Å². The molecular formula is C18H32N2. The molecule has 4 fully saturated rings. The van der Waals surface area contributed by atoms with Crippen LogP contribution in [0.3, 0.4) is 0 Å². The van der Waals surface area contributed by atoms with Crippen LogP contribution in [0, 0.1) is 5.92 Å². The van der Waals surface area contributed by atoms with Gasteiger partial charge in [-0.25, -0.2) is 0 Å². The number of piperazine rings is 1. The summed E-state index contributed by atoms with van der Waals surface area (Å²) in [6.45, 7) is 4.08. The highest BCUT2D eigenvalue weighted by atomic mass is 15.3. The molecule has 4 aliphatic rings. The van der Waals surface area contributed by atoms with Gasteiger partial charge in [0.2, 0.25) is 0 Å². The molecule has 0 amide bonds. The van der Waals surface area contributed by atoms with E-state index in [1.165, 1.54) is 96.7 Å². The van der Waals surface area contributed by atoms with Gasteiger partial charge in [-0.1, -0.05) is 38.5 Å². The molecule has 0 bridgehead atoms. The summed E-state index contributed by atoms with van der Waals surface area (Å²) in [6.07, 6.45) is 17.6. The summed E-state index contributed by atoms with van der Waals surface area (Å²) in [5, 5.41) is 4.06. The second kappa shape index (κ2) is 5.28. The highest BCUT2D eigenvalue weighted by Gasteiger charge is 2.49. The van der Waals surface area contributed by atoms with Gasteiger partial charge in [-0.05, 0) is 44.4 Å². The van der Waals surface area contributed by atoms with Crippen LogP contribution >= 0.6 is 0 Å². The molecule has 0 radical (unpaired) electrons. The molecule has 2 heteroatoms. The van der Waals surface area contributed by atoms with Crippen LogP contribution in [0.1, 0.15) is 77.0 Å². The minimum atomic E-state index is 0.496. The molecule has 1 heterocycles. The van der Waals surface area contributed by atoms with Gasteiger partial charge >= 0.3 is 0 Å². The van der Waals surface area contributed by atoms with Crippen molar-refractivity contribution in [2.75, 3.05) is 19.6 Å². The third-order valence-electron chi connectivity index (χ3n) is 7.01. The van der Waals surface area contributed by atoms with Crippen molar-refractivity contribution in [2.45, 2.75) is 88.1 Å². The van der Waals surface area contributed by atoms with E-state index in [4.69, 9.17) is 0 Å². The second-order valence-corrected chi connectivity index (χ2v) is 8.30. The fourth-order valence-corrected chi connectivity index (χ4v) is 5.39. The largest absolute Gasteiger partial charge is 0.308 e. The maximum absolute atomic E-state index is 4.06. The molecule has 0 atom stereocenters. The summed E-state index contributed by atoms with van der Waals surface area (Å²) in [6, 6.07) is 0. The molecule has 1 aliphatic heterocycles. The van der Waals surface area contributed by atoms with Crippen LogP contribution < -0.4 is 5.32 Å². The summed E-state index contributed by atoms with van der Waals surface area (Å²) >= 11 is 0. The monoisotopic (exact) mass is 276 g/mol. The van der Waals surface area contributed by atoms with Gasteiger partial charge in [0, 0.05) is 30.7 Å². The first-order valence-corrected chi connectivity index (χ1v) is 9.31. The Morgan fingerprint density at radius 3 is 2.20 bits per heavy atom. The van der Waals surface area contributed by atoms with Crippen LogP contribution in [0.5, 0.6) is 0 Å². The SMILES string of the molecule is C1CCC2(CC1)CN(CC1CCC1)C1(CCCC1)CN2. The topological polar surface area (TPSA) is 15.3 Å². The number of rotatable bonds is 2. The quantitative estimate of drug-likeness (QED) is 0.827. The summed E-state index contributed by atoms with van der Waals surface area (Å²) in [7, 11) is 0. The van der Waals surface area contributed by atoms with Gasteiger partial charge in [-0.2, -0.15) is 0 Å². The third kappa shape index (κ3) is 2.33. The first-order valence-electron chi connectivity index (χ1n) is 9.31. The van der Waals surface area contributed by atoms with E-state index >= 15 is 0 Å². The molecule has 0 aromatic carbocycles. The van der Waals surface area contributed by atoms with Crippen molar-refractivity contribution in [3.63, 3.8) is 0 Å². The molecule has 1 saturated heterocycles. The molecule has 0 unspecified atom stereocenters. The van der Waals surface area contributed by atoms with Crippen LogP contribution in [-0.4, -0.2) is 35.6 Å². The van der Waals surface area contributed by atoms with Crippen LogP contribution in [-0.2, 0) is 0 Å². The zero-order valence-corrected chi connectivity index (χ0v) is 13.1. The minimum Gasteiger partial charge on any atom is -0.308 e. The lowest BCUT2D eigenvalue weighted by molar-refractivity contribution is -0.0230. The lowest BCUT2D eigenvalue weighted by Gasteiger charge is -2.56. The Hall–Kier alpha value is -0.0800. The summed E-state index contributed by atoms with van der Waals surface area (Å²) in [4.78, 5) is 2.99. The van der Waals surface area contributed by atoms with E-state index in [-0.39, 0.29) is 0 Å². The molecule has 20 heavy (non-hydrogen) atoms. The van der Waals surface area contributed by atoms with Gasteiger partial charge in [0.25, 0.3) is 0 Å². The van der Waals surface area contributed by atoms with E-state index in [1.807, 2.05) is 0 Å². The second-order valence-electron chi connectivity index (χ2n) is 8.30. The van der Waals surface area contributed by atoms with E-state index in [9.17, 15) is 0 Å². The lowest BCUT2D eigenvalue weighted by Crippen LogP contribution is -2.70. The molecule has 4 rings (SSSR count). The molecule has 2 spiro atoms. The maximum atomic E-state index is 4.06. The van der Waals surface area contributed by atoms with Crippen LogP contribution in [0.4, 0.5) is 0 Å². The van der Waals surface area contributed by atoms with Gasteiger partial charge in [-0.3, -0.25) is 4.90 Å². The molecule has 114 valence electrons. The van der Waals surface area contributed by atoms with Gasteiger partial charge in [0.05, 0.1) is 0 Å². The number of hydrogen-bond donors (Lipinski definition) is 1. The zero-order valence-electron chi connectivity index (χ0n) is 13.1. The normalized spacial score (nSPS) is 33.6. The van der Waals surface area contributed by atoms with Crippen LogP contribution in [0.25, 0.3) is 0 Å². The van der Waals surface area contributed by atoms with Gasteiger partial charge in [-0.15, -0.1) is 0 Å². The smallest absolute Gasteiger partial charge is 0.0335 e. The zero-order chi connectivity index (χ0) is 13.5. The Bertz CT molecular complexity index is 335. The van der Waals surface area contributed by atoms with E-state index in [0.717, 1.165) is 5.92 Å². The molecule has 0 aromatic rings. The average molecular weight is 276 g/mol. The summed E-state index contributed by atoms with van der Waals surface area (Å²) in [5.41, 5.74) is 1.05. The van der Waals surface area contributed by atoms with Crippen molar-refractivity contribution in [1.82, 2.24) is 10.2 Å². The summed E-state index contributed by atoms with van der Waals surface area (Å²) < 4.78 is 0. The Balaban J connectivity index is 1.51. The van der Waals surface area contributed by atoms with Crippen molar-refractivity contribution >= 4 is 0 Å². The predicted molar refractivity (Wildman–Crippen MR) is 83.9 cm³/mol. The minimum absolute atomic E-state index is 0.496. The first-order chi connectivity index (χ1) is 9.80. The van der Waals surface area contributed by atoms with Crippen molar-refractivity contribution in [3.05, 3.63) is 0 Å². The van der Waals surface area contributed by atoms with Gasteiger partial charge in [0.1, 0.15) is 0 Å². The molecule has 1 N–H and O–H groups in total. The van der Waals surface area contributed by atoms with Crippen molar-refractivity contribution in [3.8, 4) is 0 Å². The molecular weight excluding hydrogens is 244 g/mol. The highest BCUT2D eigenvalue weighted by Crippen LogP contribution is 2.43. The average Bonchev–Trinajstić information content (AvgIpc) is 2.89. The number of nitrogens with one attached hydrogen (secondary N) is 1. The number of hydrogen-bond acceptors (Lipinski definition) is 2. The van der Waals surface area contributed by atoms with Crippen LogP contribution in [0.15, 0.2) is 0 Å². The van der Waals surface area contributed by atoms with Gasteiger partial charge in [0.15, 0.2) is 0 Å². The van der Waals surface area contributed by atoms with E-state index in [2.05, 4.69) is 10.2 Å². The highest BCUT2D eigenvalue weighted by molar-refractivity contribution is 5.08. The fourth-order valence-electron chi connectivity index (χ4n) is 5.39. The van der Waals surface area contributed by atoms with Crippen molar-refractivity contribution in [2.24, 2.45) is 5.92 Å². The fraction of sp³-hybridized carbons (Fsp3) is 1.00. The maximum Gasteiger partial charge on any atom is 0.0335 e. The number of nitrogens with zero attached hydrogens (tertiary/aromatic N) is 1. The Morgan fingerprint density at radius 2 is 1.55 bits per heavy atom. The standard InChI is InChI=1S/C18H32N2/c1-2-9-17(10-3-1)15-20(13-16-7-6-8-16)18(14-19-17)11-4-5-12-18/h16,19H,1-15H2. The Labute approximate surface area is 124 Å². The van der Waals surface area contributed by atoms with E-state index in [1.54, 1.807) is 0 Å². The summed E-state index contributed by atoms with van der Waals surface area (Å²) in [5.74, 6) is 1.03. The first kappa shape index (κ1) is 13.6. The van der Waals surface area contributed by atoms with E-state index < -0.39 is 0 Å². The van der Waals surface area contributed by atoms with Gasteiger partial charge < -0.3 is 5.32 Å². The van der Waals surface area contributed by atoms with Crippen molar-refractivity contribution < 1.29 is 0 Å². The lowest BCUT2D eigenvalue weighted by atomic mass is 9.75. The molecule has 0 aromatic heterocycles. The molecule has 3 saturated carbocycles. The molecule has 3 aliphatic carbocycles. The molecule has 2 nitrogen and oxygen atoms in total. The Morgan fingerprint density at radius 1 is 0.850 bits per heavy atom. The van der Waals surface area contributed by atoms with E-state index in [0.29, 0.717) is 11.1 Å². The third-order valence-corrected chi connectivity index (χ3v) is 7.01. The van der Waals surface area contributed by atoms with Crippen LogP contribution in [0.2, 0.25) is 0 Å².